The Kier molecular flexibility index (Phi) is 3.77. The summed E-state index contributed by atoms with van der Waals surface area (Å²) >= 11 is 1.49. The fourth-order valence-electron chi connectivity index (χ4n) is 2.30. The van der Waals surface area contributed by atoms with Gasteiger partial charge >= 0.3 is 0 Å². The van der Waals surface area contributed by atoms with E-state index in [9.17, 15) is 4.79 Å². The molecular formula is C16H15N3OS. The van der Waals surface area contributed by atoms with Crippen molar-refractivity contribution in [2.24, 2.45) is 5.84 Å². The molecular weight excluding hydrogens is 282 g/mol. The summed E-state index contributed by atoms with van der Waals surface area (Å²) in [5, 5.41) is 2.13. The highest BCUT2D eigenvalue weighted by Gasteiger charge is 2.11. The van der Waals surface area contributed by atoms with Crippen LogP contribution in [0.1, 0.15) is 5.56 Å². The second-order valence-electron chi connectivity index (χ2n) is 4.83. The van der Waals surface area contributed by atoms with E-state index < -0.39 is 0 Å². The fourth-order valence-corrected chi connectivity index (χ4v) is 3.31. The Morgan fingerprint density at radius 1 is 1.19 bits per heavy atom. The fraction of sp³-hybridized carbons (Fsp3) is 0.125. The van der Waals surface area contributed by atoms with Crippen LogP contribution in [-0.2, 0) is 4.79 Å². The molecule has 1 aromatic heterocycles. The highest BCUT2D eigenvalue weighted by Crippen LogP contribution is 2.34. The SMILES string of the molecule is Cc1ccc2nc3ccccc3c(SCC(=O)NN)c2c1. The number of hydrogen-bond acceptors (Lipinski definition) is 4. The lowest BCUT2D eigenvalue weighted by atomic mass is 10.1. The van der Waals surface area contributed by atoms with E-state index in [1.165, 1.54) is 17.3 Å². The molecule has 1 amide bonds. The molecule has 0 radical (unpaired) electrons. The van der Waals surface area contributed by atoms with Crippen molar-refractivity contribution in [3.05, 3.63) is 48.0 Å². The van der Waals surface area contributed by atoms with Crippen molar-refractivity contribution in [3.8, 4) is 0 Å². The van der Waals surface area contributed by atoms with Gasteiger partial charge in [0, 0.05) is 15.7 Å². The van der Waals surface area contributed by atoms with E-state index in [4.69, 9.17) is 5.84 Å². The number of fused-ring (bicyclic) bond motifs is 2. The van der Waals surface area contributed by atoms with Crippen molar-refractivity contribution < 1.29 is 4.79 Å². The molecule has 106 valence electrons. The Balaban J connectivity index is 2.23. The number of carbonyl (C=O) groups excluding carboxylic acids is 1. The van der Waals surface area contributed by atoms with E-state index in [2.05, 4.69) is 23.4 Å². The summed E-state index contributed by atoms with van der Waals surface area (Å²) in [6.45, 7) is 2.05. The van der Waals surface area contributed by atoms with Crippen LogP contribution < -0.4 is 11.3 Å². The van der Waals surface area contributed by atoms with E-state index in [0.717, 1.165) is 26.7 Å². The number of amides is 1. The molecule has 21 heavy (non-hydrogen) atoms. The van der Waals surface area contributed by atoms with Gasteiger partial charge in [-0.15, -0.1) is 11.8 Å². The first-order valence-electron chi connectivity index (χ1n) is 6.60. The largest absolute Gasteiger partial charge is 0.294 e. The molecule has 5 heteroatoms. The minimum atomic E-state index is -0.193. The van der Waals surface area contributed by atoms with Crippen LogP contribution in [0.2, 0.25) is 0 Å². The van der Waals surface area contributed by atoms with Crippen molar-refractivity contribution in [2.75, 3.05) is 5.75 Å². The normalized spacial score (nSPS) is 11.0. The average molecular weight is 297 g/mol. The second-order valence-corrected chi connectivity index (χ2v) is 5.82. The number of aromatic nitrogens is 1. The van der Waals surface area contributed by atoms with E-state index >= 15 is 0 Å². The van der Waals surface area contributed by atoms with E-state index in [-0.39, 0.29) is 11.7 Å². The molecule has 1 heterocycles. The van der Waals surface area contributed by atoms with Gasteiger partial charge in [0.15, 0.2) is 0 Å². The number of carbonyl (C=O) groups is 1. The lowest BCUT2D eigenvalue weighted by molar-refractivity contribution is -0.118. The first-order chi connectivity index (χ1) is 10.2. The quantitative estimate of drug-likeness (QED) is 0.256. The van der Waals surface area contributed by atoms with Crippen LogP contribution in [0.15, 0.2) is 47.4 Å². The zero-order chi connectivity index (χ0) is 14.8. The molecule has 0 bridgehead atoms. The van der Waals surface area contributed by atoms with Crippen LogP contribution in [0.4, 0.5) is 0 Å². The number of rotatable bonds is 3. The Hall–Kier alpha value is -2.11. The van der Waals surface area contributed by atoms with Crippen LogP contribution in [0.3, 0.4) is 0 Å². The van der Waals surface area contributed by atoms with Crippen LogP contribution in [0, 0.1) is 6.92 Å². The van der Waals surface area contributed by atoms with Crippen LogP contribution in [0.25, 0.3) is 21.8 Å². The van der Waals surface area contributed by atoms with Crippen molar-refractivity contribution in [3.63, 3.8) is 0 Å². The van der Waals surface area contributed by atoms with Gasteiger partial charge in [-0.25, -0.2) is 10.8 Å². The van der Waals surface area contributed by atoms with E-state index in [1.807, 2.05) is 36.4 Å². The number of hydrazine groups is 1. The van der Waals surface area contributed by atoms with Gasteiger partial charge < -0.3 is 0 Å². The number of thioether (sulfide) groups is 1. The molecule has 3 aromatic rings. The molecule has 0 aliphatic heterocycles. The maximum Gasteiger partial charge on any atom is 0.244 e. The molecule has 0 fully saturated rings. The molecule has 4 nitrogen and oxygen atoms in total. The molecule has 0 aliphatic carbocycles. The molecule has 0 unspecified atom stereocenters. The van der Waals surface area contributed by atoms with Gasteiger partial charge in [0.25, 0.3) is 0 Å². The number of benzene rings is 2. The van der Waals surface area contributed by atoms with E-state index in [0.29, 0.717) is 0 Å². The Morgan fingerprint density at radius 2 is 1.95 bits per heavy atom. The number of nitrogens with one attached hydrogen (secondary N) is 1. The predicted octanol–water partition coefficient (Wildman–Crippen LogP) is 2.78. The number of para-hydroxylation sites is 1. The molecule has 0 spiro atoms. The molecule has 0 aliphatic rings. The Morgan fingerprint density at radius 3 is 2.76 bits per heavy atom. The zero-order valence-electron chi connectivity index (χ0n) is 11.6. The summed E-state index contributed by atoms with van der Waals surface area (Å²) in [6, 6.07) is 14.1. The Labute approximate surface area is 126 Å². The van der Waals surface area contributed by atoms with E-state index in [1.54, 1.807) is 0 Å². The molecule has 0 atom stereocenters. The molecule has 0 saturated carbocycles. The zero-order valence-corrected chi connectivity index (χ0v) is 12.4. The second kappa shape index (κ2) is 5.71. The number of aryl methyl sites for hydroxylation is 1. The Bertz CT molecular complexity index is 832. The third-order valence-corrected chi connectivity index (χ3v) is 4.43. The number of nitrogens with two attached hydrogens (primary N) is 1. The van der Waals surface area contributed by atoms with Gasteiger partial charge in [-0.05, 0) is 25.1 Å². The van der Waals surface area contributed by atoms with Crippen LogP contribution >= 0.6 is 11.8 Å². The van der Waals surface area contributed by atoms with Crippen molar-refractivity contribution in [2.45, 2.75) is 11.8 Å². The highest BCUT2D eigenvalue weighted by atomic mass is 32.2. The van der Waals surface area contributed by atoms with Gasteiger partial charge in [-0.2, -0.15) is 0 Å². The van der Waals surface area contributed by atoms with Crippen molar-refractivity contribution >= 4 is 39.5 Å². The topological polar surface area (TPSA) is 68.0 Å². The lowest BCUT2D eigenvalue weighted by Crippen LogP contribution is -2.31. The van der Waals surface area contributed by atoms with Crippen LogP contribution in [-0.4, -0.2) is 16.6 Å². The molecule has 3 N–H and O–H groups in total. The molecule has 3 rings (SSSR count). The monoisotopic (exact) mass is 297 g/mol. The summed E-state index contributed by atoms with van der Waals surface area (Å²) in [5.41, 5.74) is 5.21. The van der Waals surface area contributed by atoms with Gasteiger partial charge in [-0.3, -0.25) is 10.2 Å². The average Bonchev–Trinajstić information content (AvgIpc) is 2.51. The maximum atomic E-state index is 11.5. The van der Waals surface area contributed by atoms with Gasteiger partial charge in [0.1, 0.15) is 0 Å². The first-order valence-corrected chi connectivity index (χ1v) is 7.59. The molecule has 0 saturated heterocycles. The minimum absolute atomic E-state index is 0.193. The number of pyridine rings is 1. The summed E-state index contributed by atoms with van der Waals surface area (Å²) in [7, 11) is 0. The number of nitrogens with zero attached hydrogens (tertiary/aromatic N) is 1. The van der Waals surface area contributed by atoms with Gasteiger partial charge in [-0.1, -0.05) is 29.8 Å². The lowest BCUT2D eigenvalue weighted by Gasteiger charge is -2.10. The third kappa shape index (κ3) is 2.70. The minimum Gasteiger partial charge on any atom is -0.294 e. The van der Waals surface area contributed by atoms with Gasteiger partial charge in [0.05, 0.1) is 16.8 Å². The van der Waals surface area contributed by atoms with Crippen LogP contribution in [0.5, 0.6) is 0 Å². The first kappa shape index (κ1) is 13.9. The number of hydrogen-bond donors (Lipinski definition) is 2. The van der Waals surface area contributed by atoms with Gasteiger partial charge in [0.2, 0.25) is 5.91 Å². The standard InChI is InChI=1S/C16H15N3OS/c1-10-6-7-14-12(8-10)16(21-9-15(20)19-17)11-4-2-3-5-13(11)18-14/h2-8H,9,17H2,1H3,(H,19,20). The summed E-state index contributed by atoms with van der Waals surface area (Å²) in [6.07, 6.45) is 0. The summed E-state index contributed by atoms with van der Waals surface area (Å²) in [5.74, 6) is 5.25. The summed E-state index contributed by atoms with van der Waals surface area (Å²) in [4.78, 5) is 17.2. The summed E-state index contributed by atoms with van der Waals surface area (Å²) < 4.78 is 0. The van der Waals surface area contributed by atoms with Crippen molar-refractivity contribution in [1.29, 1.82) is 0 Å². The predicted molar refractivity (Wildman–Crippen MR) is 87.0 cm³/mol. The maximum absolute atomic E-state index is 11.5. The molecule has 2 aromatic carbocycles. The smallest absolute Gasteiger partial charge is 0.244 e. The highest BCUT2D eigenvalue weighted by molar-refractivity contribution is 8.00. The van der Waals surface area contributed by atoms with Crippen molar-refractivity contribution in [1.82, 2.24) is 10.4 Å². The third-order valence-electron chi connectivity index (χ3n) is 3.29.